The molecule has 0 unspecified atom stereocenters. The minimum atomic E-state index is 0.374. The molecule has 35 valence electrons. The van der Waals surface area contributed by atoms with Crippen LogP contribution in [0.5, 0.6) is 0 Å². The highest BCUT2D eigenvalue weighted by atomic mass is 16.1. The van der Waals surface area contributed by atoms with Crippen LogP contribution in [0.2, 0.25) is 0 Å². The average molecular weight is 86.1 g/mol. The van der Waals surface area contributed by atoms with E-state index in [0.717, 1.165) is 6.29 Å². The standard InChI is InChI=1S/C4H8NO/c5-3-1-2-4-6/h4-5H,1-3H2. The Morgan fingerprint density at radius 3 is 2.50 bits per heavy atom. The van der Waals surface area contributed by atoms with Crippen LogP contribution in [0.25, 0.3) is 0 Å². The van der Waals surface area contributed by atoms with Crippen LogP contribution in [-0.4, -0.2) is 12.8 Å². The molecule has 0 bridgehead atoms. The highest BCUT2D eigenvalue weighted by molar-refractivity contribution is 5.48. The summed E-state index contributed by atoms with van der Waals surface area (Å²) >= 11 is 0. The maximum atomic E-state index is 9.48. The highest BCUT2D eigenvalue weighted by Gasteiger charge is 1.75. The van der Waals surface area contributed by atoms with Gasteiger partial charge in [-0.15, -0.1) is 0 Å². The second kappa shape index (κ2) is 4.63. The summed E-state index contributed by atoms with van der Waals surface area (Å²) < 4.78 is 0. The molecular formula is C4H8NO. The molecule has 0 aromatic heterocycles. The number of carbonyl (C=O) groups excluding carboxylic acids is 1. The Hall–Kier alpha value is -0.370. The molecule has 0 saturated heterocycles. The van der Waals surface area contributed by atoms with Crippen molar-refractivity contribution in [2.24, 2.45) is 0 Å². The van der Waals surface area contributed by atoms with E-state index in [0.29, 0.717) is 19.4 Å². The first kappa shape index (κ1) is 5.63. The molecule has 0 rings (SSSR count). The average Bonchev–Trinajstić information content (AvgIpc) is 1.61. The zero-order chi connectivity index (χ0) is 4.83. The summed E-state index contributed by atoms with van der Waals surface area (Å²) in [6.45, 7) is 0.374. The van der Waals surface area contributed by atoms with Gasteiger partial charge in [-0.2, -0.15) is 0 Å². The number of hydrogen-bond acceptors (Lipinski definition) is 1. The lowest BCUT2D eigenvalue weighted by atomic mass is 10.3. The van der Waals surface area contributed by atoms with Crippen LogP contribution in [0.1, 0.15) is 12.8 Å². The minimum Gasteiger partial charge on any atom is -0.303 e. The van der Waals surface area contributed by atoms with E-state index in [-0.39, 0.29) is 0 Å². The van der Waals surface area contributed by atoms with Crippen molar-refractivity contribution >= 4 is 6.29 Å². The summed E-state index contributed by atoms with van der Waals surface area (Å²) in [5.41, 5.74) is 6.55. The number of hydrogen-bond donors (Lipinski definition) is 0. The molecule has 0 amide bonds. The summed E-state index contributed by atoms with van der Waals surface area (Å²) in [5, 5.41) is 0. The van der Waals surface area contributed by atoms with Gasteiger partial charge in [-0.25, -0.2) is 0 Å². The van der Waals surface area contributed by atoms with Gasteiger partial charge in [-0.1, -0.05) is 0 Å². The zero-order valence-electron chi connectivity index (χ0n) is 3.61. The van der Waals surface area contributed by atoms with Crippen LogP contribution in [0.15, 0.2) is 0 Å². The van der Waals surface area contributed by atoms with Crippen molar-refractivity contribution in [1.29, 1.82) is 0 Å². The normalized spacial score (nSPS) is 8.17. The van der Waals surface area contributed by atoms with Gasteiger partial charge in [0.05, 0.1) is 0 Å². The first-order chi connectivity index (χ1) is 2.91. The maximum absolute atomic E-state index is 9.48. The van der Waals surface area contributed by atoms with E-state index in [1.54, 1.807) is 0 Å². The second-order valence-corrected chi connectivity index (χ2v) is 1.06. The van der Waals surface area contributed by atoms with Crippen molar-refractivity contribution in [3.05, 3.63) is 0 Å². The van der Waals surface area contributed by atoms with Crippen molar-refractivity contribution in [1.82, 2.24) is 5.73 Å². The Morgan fingerprint density at radius 2 is 2.33 bits per heavy atom. The molecule has 0 spiro atoms. The van der Waals surface area contributed by atoms with E-state index >= 15 is 0 Å². The van der Waals surface area contributed by atoms with E-state index in [1.165, 1.54) is 0 Å². The fourth-order valence-electron chi connectivity index (χ4n) is 0.185. The number of unbranched alkanes of at least 4 members (excludes halogenated alkanes) is 1. The monoisotopic (exact) mass is 86.1 g/mol. The van der Waals surface area contributed by atoms with Gasteiger partial charge in [0.2, 0.25) is 0 Å². The van der Waals surface area contributed by atoms with Gasteiger partial charge in [0.25, 0.3) is 0 Å². The van der Waals surface area contributed by atoms with Crippen LogP contribution in [0.3, 0.4) is 0 Å². The summed E-state index contributed by atoms with van der Waals surface area (Å²) in [4.78, 5) is 9.48. The largest absolute Gasteiger partial charge is 0.303 e. The van der Waals surface area contributed by atoms with E-state index in [4.69, 9.17) is 5.73 Å². The first-order valence-electron chi connectivity index (χ1n) is 2.00. The van der Waals surface area contributed by atoms with Gasteiger partial charge in [0, 0.05) is 13.0 Å². The van der Waals surface area contributed by atoms with Crippen LogP contribution >= 0.6 is 0 Å². The Kier molecular flexibility index (Phi) is 4.34. The van der Waals surface area contributed by atoms with E-state index in [1.807, 2.05) is 0 Å². The Morgan fingerprint density at radius 1 is 1.67 bits per heavy atom. The Balaban J connectivity index is 2.49. The molecule has 2 heteroatoms. The van der Waals surface area contributed by atoms with E-state index in [9.17, 15) is 4.79 Å². The van der Waals surface area contributed by atoms with Crippen molar-refractivity contribution in [2.75, 3.05) is 6.54 Å². The summed E-state index contributed by atoms with van der Waals surface area (Å²) in [7, 11) is 0. The molecule has 2 nitrogen and oxygen atoms in total. The molecule has 1 N–H and O–H groups in total. The van der Waals surface area contributed by atoms with Crippen molar-refractivity contribution in [3.8, 4) is 0 Å². The zero-order valence-corrected chi connectivity index (χ0v) is 3.61. The third-order valence-electron chi connectivity index (χ3n) is 0.499. The van der Waals surface area contributed by atoms with Gasteiger partial charge >= 0.3 is 0 Å². The first-order valence-corrected chi connectivity index (χ1v) is 2.00. The fraction of sp³-hybridized carbons (Fsp3) is 0.750. The molecule has 6 heavy (non-hydrogen) atoms. The Bertz CT molecular complexity index is 36.5. The molecule has 0 atom stereocenters. The number of nitrogens with one attached hydrogen (secondary N) is 1. The summed E-state index contributed by atoms with van der Waals surface area (Å²) in [6, 6.07) is 0. The molecule has 1 radical (unpaired) electrons. The lowest BCUT2D eigenvalue weighted by Crippen LogP contribution is -1.83. The van der Waals surface area contributed by atoms with Crippen LogP contribution < -0.4 is 5.73 Å². The molecule has 0 aliphatic rings. The van der Waals surface area contributed by atoms with Gasteiger partial charge < -0.3 is 4.79 Å². The van der Waals surface area contributed by atoms with Crippen LogP contribution in [-0.2, 0) is 4.79 Å². The SMILES string of the molecule is [NH]CCCC=O. The number of carbonyl (C=O) groups is 1. The predicted molar refractivity (Wildman–Crippen MR) is 23.3 cm³/mol. The Labute approximate surface area is 37.3 Å². The van der Waals surface area contributed by atoms with Gasteiger partial charge in [-0.3, -0.25) is 5.73 Å². The van der Waals surface area contributed by atoms with Crippen LogP contribution in [0.4, 0.5) is 0 Å². The van der Waals surface area contributed by atoms with Crippen LogP contribution in [0, 0.1) is 0 Å². The molecule has 0 aromatic carbocycles. The maximum Gasteiger partial charge on any atom is 0.120 e. The van der Waals surface area contributed by atoms with Gasteiger partial charge in [-0.05, 0) is 6.42 Å². The molecule has 0 heterocycles. The smallest absolute Gasteiger partial charge is 0.120 e. The minimum absolute atomic E-state index is 0.374. The molecule has 0 aliphatic carbocycles. The molecule has 0 fully saturated rings. The lowest BCUT2D eigenvalue weighted by Gasteiger charge is -1.78. The third kappa shape index (κ3) is 3.63. The third-order valence-corrected chi connectivity index (χ3v) is 0.499. The topological polar surface area (TPSA) is 40.9 Å². The second-order valence-electron chi connectivity index (χ2n) is 1.06. The van der Waals surface area contributed by atoms with E-state index < -0.39 is 0 Å². The number of aldehydes is 1. The molecule has 0 aliphatic heterocycles. The highest BCUT2D eigenvalue weighted by Crippen LogP contribution is 1.76. The summed E-state index contributed by atoms with van der Waals surface area (Å²) in [5.74, 6) is 0. The summed E-state index contributed by atoms with van der Waals surface area (Å²) in [6.07, 6.45) is 2.10. The lowest BCUT2D eigenvalue weighted by molar-refractivity contribution is -0.107. The quantitative estimate of drug-likeness (QED) is 0.358. The molecule has 0 saturated carbocycles. The molecular weight excluding hydrogens is 78.0 g/mol. The van der Waals surface area contributed by atoms with Gasteiger partial charge in [0.1, 0.15) is 6.29 Å². The van der Waals surface area contributed by atoms with Crippen molar-refractivity contribution in [3.63, 3.8) is 0 Å². The fourth-order valence-corrected chi connectivity index (χ4v) is 0.185. The molecule has 0 aromatic rings. The van der Waals surface area contributed by atoms with Gasteiger partial charge in [0.15, 0.2) is 0 Å². The van der Waals surface area contributed by atoms with Crippen molar-refractivity contribution in [2.45, 2.75) is 12.8 Å². The predicted octanol–water partition coefficient (Wildman–Crippen LogP) is 0.248. The number of rotatable bonds is 3. The van der Waals surface area contributed by atoms with Crippen molar-refractivity contribution < 1.29 is 4.79 Å². The van der Waals surface area contributed by atoms with E-state index in [2.05, 4.69) is 0 Å².